The van der Waals surface area contributed by atoms with Gasteiger partial charge in [-0.2, -0.15) is 5.26 Å². The van der Waals surface area contributed by atoms with Crippen LogP contribution >= 0.6 is 0 Å². The van der Waals surface area contributed by atoms with E-state index in [1.54, 1.807) is 38.5 Å². The number of rotatable bonds is 6. The van der Waals surface area contributed by atoms with Gasteiger partial charge in [-0.05, 0) is 60.0 Å². The monoisotopic (exact) mass is 440 g/mol. The highest BCUT2D eigenvalue weighted by Crippen LogP contribution is 2.33. The van der Waals surface area contributed by atoms with Crippen molar-refractivity contribution in [1.29, 1.82) is 5.26 Å². The van der Waals surface area contributed by atoms with Crippen LogP contribution in [-0.4, -0.2) is 32.5 Å². The van der Waals surface area contributed by atoms with E-state index in [0.717, 1.165) is 35.6 Å². The minimum Gasteiger partial charge on any atom is -0.493 e. The predicted molar refractivity (Wildman–Crippen MR) is 129 cm³/mol. The molecule has 7 nitrogen and oxygen atoms in total. The second kappa shape index (κ2) is 9.88. The Kier molecular flexibility index (Phi) is 6.56. The van der Waals surface area contributed by atoms with Gasteiger partial charge in [0.2, 0.25) is 0 Å². The quantitative estimate of drug-likeness (QED) is 0.575. The van der Waals surface area contributed by atoms with Gasteiger partial charge in [-0.25, -0.2) is 4.79 Å². The first kappa shape index (κ1) is 21.9. The van der Waals surface area contributed by atoms with E-state index in [-0.39, 0.29) is 6.03 Å². The zero-order valence-electron chi connectivity index (χ0n) is 18.5. The van der Waals surface area contributed by atoms with Crippen LogP contribution in [0.5, 0.6) is 11.5 Å². The molecule has 3 aromatic rings. The van der Waals surface area contributed by atoms with E-state index in [4.69, 9.17) is 19.7 Å². The number of benzene rings is 3. The van der Waals surface area contributed by atoms with E-state index >= 15 is 0 Å². The fraction of sp³-hybridized carbons (Fsp3) is 0.192. The SMILES string of the molecule is COc1cc2c(cc1OC)C(Cc1ccc(NC(=O)Nc3cccc(C#N)c3)cc1)=NCC2. The first-order valence-electron chi connectivity index (χ1n) is 10.6. The third-order valence-electron chi connectivity index (χ3n) is 5.44. The third-order valence-corrected chi connectivity index (χ3v) is 5.44. The van der Waals surface area contributed by atoms with Crippen molar-refractivity contribution in [2.75, 3.05) is 31.4 Å². The van der Waals surface area contributed by atoms with Crippen molar-refractivity contribution in [2.24, 2.45) is 4.99 Å². The van der Waals surface area contributed by atoms with Gasteiger partial charge in [0, 0.05) is 35.6 Å². The maximum Gasteiger partial charge on any atom is 0.323 e. The molecule has 0 saturated carbocycles. The molecule has 0 spiro atoms. The van der Waals surface area contributed by atoms with Gasteiger partial charge < -0.3 is 20.1 Å². The summed E-state index contributed by atoms with van der Waals surface area (Å²) in [6, 6.07) is 20.1. The highest BCUT2D eigenvalue weighted by molar-refractivity contribution is 6.04. The van der Waals surface area contributed by atoms with Crippen LogP contribution in [0, 0.1) is 11.3 Å². The van der Waals surface area contributed by atoms with Crippen molar-refractivity contribution in [3.63, 3.8) is 0 Å². The van der Waals surface area contributed by atoms with Crippen molar-refractivity contribution in [1.82, 2.24) is 0 Å². The fourth-order valence-corrected chi connectivity index (χ4v) is 3.80. The Labute approximate surface area is 192 Å². The number of methoxy groups -OCH3 is 2. The van der Waals surface area contributed by atoms with Crippen LogP contribution in [-0.2, 0) is 12.8 Å². The summed E-state index contributed by atoms with van der Waals surface area (Å²) in [6.45, 7) is 0.741. The topological polar surface area (TPSA) is 95.7 Å². The molecule has 2 N–H and O–H groups in total. The van der Waals surface area contributed by atoms with Gasteiger partial charge in [-0.1, -0.05) is 18.2 Å². The minimum atomic E-state index is -0.371. The lowest BCUT2D eigenvalue weighted by Crippen LogP contribution is -2.19. The summed E-state index contributed by atoms with van der Waals surface area (Å²) < 4.78 is 10.9. The molecular weight excluding hydrogens is 416 g/mol. The number of nitrogens with zero attached hydrogens (tertiary/aromatic N) is 2. The second-order valence-corrected chi connectivity index (χ2v) is 7.59. The Bertz CT molecular complexity index is 1240. The highest BCUT2D eigenvalue weighted by atomic mass is 16.5. The first-order valence-corrected chi connectivity index (χ1v) is 10.6. The number of aliphatic imine (C=N–C) groups is 1. The largest absolute Gasteiger partial charge is 0.493 e. The van der Waals surface area contributed by atoms with Gasteiger partial charge in [-0.15, -0.1) is 0 Å². The number of hydrogen-bond acceptors (Lipinski definition) is 5. The minimum absolute atomic E-state index is 0.371. The zero-order chi connectivity index (χ0) is 23.2. The van der Waals surface area contributed by atoms with Gasteiger partial charge >= 0.3 is 6.03 Å². The van der Waals surface area contributed by atoms with Gasteiger partial charge in [0.15, 0.2) is 11.5 Å². The summed E-state index contributed by atoms with van der Waals surface area (Å²) in [5.41, 5.74) is 6.10. The van der Waals surface area contributed by atoms with E-state index < -0.39 is 0 Å². The molecule has 0 aliphatic carbocycles. The van der Waals surface area contributed by atoms with Crippen molar-refractivity contribution in [3.8, 4) is 17.6 Å². The first-order chi connectivity index (χ1) is 16.1. The molecule has 0 fully saturated rings. The lowest BCUT2D eigenvalue weighted by atomic mass is 9.93. The number of nitriles is 1. The molecule has 0 atom stereocenters. The van der Waals surface area contributed by atoms with Crippen LogP contribution in [0.15, 0.2) is 65.7 Å². The van der Waals surface area contributed by atoms with Gasteiger partial charge in [0.1, 0.15) is 0 Å². The van der Waals surface area contributed by atoms with Crippen molar-refractivity contribution >= 4 is 23.1 Å². The molecule has 0 aromatic heterocycles. The number of nitrogens with one attached hydrogen (secondary N) is 2. The average molecular weight is 441 g/mol. The zero-order valence-corrected chi connectivity index (χ0v) is 18.5. The molecule has 0 radical (unpaired) electrons. The number of anilines is 2. The summed E-state index contributed by atoms with van der Waals surface area (Å²) in [5.74, 6) is 1.42. The number of carbonyl (C=O) groups excluding carboxylic acids is 1. The number of urea groups is 1. The summed E-state index contributed by atoms with van der Waals surface area (Å²) in [7, 11) is 3.27. The molecule has 0 unspecified atom stereocenters. The molecule has 3 aromatic carbocycles. The highest BCUT2D eigenvalue weighted by Gasteiger charge is 2.18. The smallest absolute Gasteiger partial charge is 0.323 e. The summed E-state index contributed by atoms with van der Waals surface area (Å²) in [6.07, 6.45) is 1.55. The number of hydrogen-bond donors (Lipinski definition) is 2. The predicted octanol–water partition coefficient (Wildman–Crippen LogP) is 4.81. The number of fused-ring (bicyclic) bond motifs is 1. The number of amides is 2. The van der Waals surface area contributed by atoms with Gasteiger partial charge in [0.25, 0.3) is 0 Å². The van der Waals surface area contributed by atoms with Crippen LogP contribution in [0.25, 0.3) is 0 Å². The van der Waals surface area contributed by atoms with Crippen LogP contribution in [0.1, 0.15) is 22.3 Å². The van der Waals surface area contributed by atoms with E-state index in [2.05, 4.69) is 16.7 Å². The molecular formula is C26H24N4O3. The van der Waals surface area contributed by atoms with Crippen LogP contribution < -0.4 is 20.1 Å². The summed E-state index contributed by atoms with van der Waals surface area (Å²) in [4.78, 5) is 17.0. The number of ether oxygens (including phenoxy) is 2. The Hall–Kier alpha value is -4.31. The van der Waals surface area contributed by atoms with Crippen LogP contribution in [0.3, 0.4) is 0 Å². The Morgan fingerprint density at radius 2 is 1.73 bits per heavy atom. The van der Waals surface area contributed by atoms with Crippen molar-refractivity contribution in [3.05, 3.63) is 82.9 Å². The lowest BCUT2D eigenvalue weighted by molar-refractivity contribution is 0.262. The Balaban J connectivity index is 1.43. The molecule has 1 heterocycles. The standard InChI is InChI=1S/C26H24N4O3/c1-32-24-14-19-10-11-28-23(22(19)15-25(24)33-2)13-17-6-8-20(9-7-17)29-26(31)30-21-5-3-4-18(12-21)16-27/h3-9,12,14-15H,10-11,13H2,1-2H3,(H2,29,30,31). The van der Waals surface area contributed by atoms with Crippen molar-refractivity contribution < 1.29 is 14.3 Å². The second-order valence-electron chi connectivity index (χ2n) is 7.59. The average Bonchev–Trinajstić information content (AvgIpc) is 2.84. The summed E-state index contributed by atoms with van der Waals surface area (Å²) in [5, 5.41) is 14.5. The Morgan fingerprint density at radius 3 is 2.45 bits per heavy atom. The normalized spacial score (nSPS) is 12.1. The molecule has 1 aliphatic heterocycles. The molecule has 4 rings (SSSR count). The molecule has 7 heteroatoms. The molecule has 166 valence electrons. The maximum absolute atomic E-state index is 12.3. The lowest BCUT2D eigenvalue weighted by Gasteiger charge is -2.20. The van der Waals surface area contributed by atoms with E-state index in [9.17, 15) is 4.79 Å². The molecule has 33 heavy (non-hydrogen) atoms. The fourth-order valence-electron chi connectivity index (χ4n) is 3.80. The number of carbonyl (C=O) groups is 1. The molecule has 0 saturated heterocycles. The Morgan fingerprint density at radius 1 is 1.00 bits per heavy atom. The van der Waals surface area contributed by atoms with E-state index in [1.807, 2.05) is 36.4 Å². The maximum atomic E-state index is 12.3. The molecule has 2 amide bonds. The molecule has 1 aliphatic rings. The molecule has 0 bridgehead atoms. The van der Waals surface area contributed by atoms with Crippen molar-refractivity contribution in [2.45, 2.75) is 12.8 Å². The van der Waals surface area contributed by atoms with Crippen LogP contribution in [0.4, 0.5) is 16.2 Å². The van der Waals surface area contributed by atoms with Crippen LogP contribution in [0.2, 0.25) is 0 Å². The third kappa shape index (κ3) is 5.13. The van der Waals surface area contributed by atoms with E-state index in [0.29, 0.717) is 29.1 Å². The summed E-state index contributed by atoms with van der Waals surface area (Å²) >= 11 is 0. The van der Waals surface area contributed by atoms with Gasteiger partial charge in [-0.3, -0.25) is 4.99 Å². The van der Waals surface area contributed by atoms with Gasteiger partial charge in [0.05, 0.1) is 25.9 Å². The van der Waals surface area contributed by atoms with E-state index in [1.165, 1.54) is 5.56 Å².